The summed E-state index contributed by atoms with van der Waals surface area (Å²) in [6, 6.07) is 0. The van der Waals surface area contributed by atoms with E-state index in [0.717, 1.165) is 4.90 Å². The van der Waals surface area contributed by atoms with Crippen LogP contribution in [0.1, 0.15) is 0 Å². The first-order valence-corrected chi connectivity index (χ1v) is 4.14. The smallest absolute Gasteiger partial charge is 0.448 e. The molecular formula is C6H12BF3KNO2. The molecule has 0 radical (unpaired) electrons. The van der Waals surface area contributed by atoms with Crippen molar-refractivity contribution in [1.29, 1.82) is 0 Å². The minimum Gasteiger partial charge on any atom is -0.448 e. The molecule has 1 fully saturated rings. The van der Waals surface area contributed by atoms with Crippen LogP contribution >= 0.6 is 0 Å². The summed E-state index contributed by atoms with van der Waals surface area (Å²) in [7, 11) is 0. The molecule has 2 N–H and O–H groups in total. The SMILES string of the molecule is OCC1CN(C[B-](F)(F)F)CC1O.[K+]. The standard InChI is InChI=1S/C6H12BF3NO2.K/c8-7(9,10)4-11-1-5(3-12)6(13)2-11;/h5-6,12-13H,1-4H2;/q-1;+1. The number of rotatable bonds is 3. The van der Waals surface area contributed by atoms with E-state index >= 15 is 0 Å². The first-order valence-electron chi connectivity index (χ1n) is 4.14. The van der Waals surface area contributed by atoms with Gasteiger partial charge in [0.1, 0.15) is 0 Å². The zero-order valence-corrected chi connectivity index (χ0v) is 11.2. The largest absolute Gasteiger partial charge is 1.00 e. The Labute approximate surface area is 123 Å². The number of halogens is 3. The average molecular weight is 237 g/mol. The summed E-state index contributed by atoms with van der Waals surface area (Å²) in [5.41, 5.74) is 0. The molecule has 1 rings (SSSR count). The van der Waals surface area contributed by atoms with E-state index in [2.05, 4.69) is 0 Å². The van der Waals surface area contributed by atoms with E-state index in [1.807, 2.05) is 0 Å². The summed E-state index contributed by atoms with van der Waals surface area (Å²) in [4.78, 5) is 1.13. The molecule has 8 heteroatoms. The van der Waals surface area contributed by atoms with Crippen LogP contribution in [0.2, 0.25) is 0 Å². The van der Waals surface area contributed by atoms with Crippen LogP contribution in [-0.2, 0) is 0 Å². The molecule has 3 nitrogen and oxygen atoms in total. The Balaban J connectivity index is 0.00000169. The summed E-state index contributed by atoms with van der Waals surface area (Å²) in [5, 5.41) is 17.9. The van der Waals surface area contributed by atoms with E-state index in [1.54, 1.807) is 0 Å². The van der Waals surface area contributed by atoms with Crippen molar-refractivity contribution in [2.45, 2.75) is 6.10 Å². The summed E-state index contributed by atoms with van der Waals surface area (Å²) in [6.45, 7) is -4.96. The molecule has 0 aliphatic carbocycles. The van der Waals surface area contributed by atoms with Gasteiger partial charge in [0, 0.05) is 25.6 Å². The topological polar surface area (TPSA) is 43.7 Å². The van der Waals surface area contributed by atoms with Gasteiger partial charge < -0.3 is 28.1 Å². The Bertz CT molecular complexity index is 183. The number of hydrogen-bond acceptors (Lipinski definition) is 3. The van der Waals surface area contributed by atoms with Crippen molar-refractivity contribution in [2.24, 2.45) is 5.92 Å². The summed E-state index contributed by atoms with van der Waals surface area (Å²) in [5.74, 6) is -0.432. The minimum absolute atomic E-state index is 0. The first-order chi connectivity index (χ1) is 5.92. The van der Waals surface area contributed by atoms with Gasteiger partial charge in [0.15, 0.2) is 0 Å². The number of nitrogens with zero attached hydrogens (tertiary/aromatic N) is 1. The fraction of sp³-hybridized carbons (Fsp3) is 1.00. The molecule has 0 bridgehead atoms. The zero-order valence-electron chi connectivity index (χ0n) is 8.04. The summed E-state index contributed by atoms with van der Waals surface area (Å²) >= 11 is 0. The molecule has 2 atom stereocenters. The van der Waals surface area contributed by atoms with E-state index < -0.39 is 25.4 Å². The van der Waals surface area contributed by atoms with Gasteiger partial charge >= 0.3 is 58.4 Å². The van der Waals surface area contributed by atoms with E-state index in [4.69, 9.17) is 5.11 Å². The molecule has 0 spiro atoms. The van der Waals surface area contributed by atoms with Crippen LogP contribution in [0.25, 0.3) is 0 Å². The van der Waals surface area contributed by atoms with E-state index in [1.165, 1.54) is 0 Å². The summed E-state index contributed by atoms with van der Waals surface area (Å²) < 4.78 is 35.8. The van der Waals surface area contributed by atoms with E-state index in [-0.39, 0.29) is 71.1 Å². The second kappa shape index (κ2) is 6.19. The molecule has 78 valence electrons. The van der Waals surface area contributed by atoms with Gasteiger partial charge in [-0.25, -0.2) is 0 Å². The second-order valence-corrected chi connectivity index (χ2v) is 3.44. The number of β-amino-alcohol motifs (C(OH)–C–C–N with tert-alkyl or cyclic N) is 1. The maximum absolute atomic E-state index is 11.9. The minimum atomic E-state index is -4.83. The molecule has 1 heterocycles. The molecule has 0 aromatic heterocycles. The van der Waals surface area contributed by atoms with Crippen molar-refractivity contribution < 1.29 is 74.5 Å². The van der Waals surface area contributed by atoms with Crippen LogP contribution in [0.4, 0.5) is 12.9 Å². The van der Waals surface area contributed by atoms with Crippen LogP contribution in [0.15, 0.2) is 0 Å². The molecule has 1 aliphatic rings. The van der Waals surface area contributed by atoms with Gasteiger partial charge in [0.25, 0.3) is 0 Å². The number of hydrogen-bond donors (Lipinski definition) is 2. The van der Waals surface area contributed by atoms with Crippen LogP contribution in [0.3, 0.4) is 0 Å². The predicted octanol–water partition coefficient (Wildman–Crippen LogP) is -3.34. The molecule has 2 unspecified atom stereocenters. The Morgan fingerprint density at radius 1 is 1.29 bits per heavy atom. The zero-order chi connectivity index (χ0) is 10.1. The molecule has 1 saturated heterocycles. The number of likely N-dealkylation sites (tertiary alicyclic amines) is 1. The molecule has 0 amide bonds. The van der Waals surface area contributed by atoms with Gasteiger partial charge in [-0.15, -0.1) is 0 Å². The third kappa shape index (κ3) is 4.93. The first kappa shape index (κ1) is 15.4. The van der Waals surface area contributed by atoms with Gasteiger partial charge in [-0.1, -0.05) is 0 Å². The van der Waals surface area contributed by atoms with Gasteiger partial charge in [-0.3, -0.25) is 0 Å². The quantitative estimate of drug-likeness (QED) is 0.504. The van der Waals surface area contributed by atoms with Crippen molar-refractivity contribution in [3.63, 3.8) is 0 Å². The summed E-state index contributed by atoms with van der Waals surface area (Å²) in [6.07, 6.45) is -1.78. The Morgan fingerprint density at radius 2 is 1.86 bits per heavy atom. The average Bonchev–Trinajstić information content (AvgIpc) is 2.26. The van der Waals surface area contributed by atoms with Crippen LogP contribution in [0.5, 0.6) is 0 Å². The van der Waals surface area contributed by atoms with Crippen molar-refractivity contribution >= 4 is 6.98 Å². The van der Waals surface area contributed by atoms with E-state index in [9.17, 15) is 18.1 Å². The van der Waals surface area contributed by atoms with Gasteiger partial charge in [-0.2, -0.15) is 0 Å². The molecule has 0 aromatic carbocycles. The van der Waals surface area contributed by atoms with Crippen molar-refractivity contribution in [3.05, 3.63) is 0 Å². The number of aliphatic hydroxyl groups excluding tert-OH is 2. The molecule has 1 aliphatic heterocycles. The van der Waals surface area contributed by atoms with E-state index in [0.29, 0.717) is 0 Å². The normalized spacial score (nSPS) is 28.9. The molecule has 0 saturated carbocycles. The maximum atomic E-state index is 11.9. The molecule has 0 aromatic rings. The third-order valence-electron chi connectivity index (χ3n) is 2.18. The number of aliphatic hydroxyl groups is 2. The van der Waals surface area contributed by atoms with Gasteiger partial charge in [-0.05, 0) is 6.44 Å². The van der Waals surface area contributed by atoms with Crippen LogP contribution in [-0.4, -0.2) is 54.3 Å². The third-order valence-corrected chi connectivity index (χ3v) is 2.18. The van der Waals surface area contributed by atoms with Crippen molar-refractivity contribution in [1.82, 2.24) is 4.90 Å². The van der Waals surface area contributed by atoms with Crippen LogP contribution in [0, 0.1) is 5.92 Å². The molecular weight excluding hydrogens is 225 g/mol. The second-order valence-electron chi connectivity index (χ2n) is 3.44. The van der Waals surface area contributed by atoms with Crippen molar-refractivity contribution in [2.75, 3.05) is 26.1 Å². The van der Waals surface area contributed by atoms with Gasteiger partial charge in [0.05, 0.1) is 6.10 Å². The van der Waals surface area contributed by atoms with Crippen molar-refractivity contribution in [3.8, 4) is 0 Å². The predicted molar refractivity (Wildman–Crippen MR) is 42.1 cm³/mol. The van der Waals surface area contributed by atoms with Crippen LogP contribution < -0.4 is 51.4 Å². The molecule has 14 heavy (non-hydrogen) atoms. The fourth-order valence-corrected chi connectivity index (χ4v) is 1.56. The fourth-order valence-electron chi connectivity index (χ4n) is 1.56. The Kier molecular flexibility index (Phi) is 6.80. The van der Waals surface area contributed by atoms with Gasteiger partial charge in [0.2, 0.25) is 0 Å². The monoisotopic (exact) mass is 237 g/mol. The maximum Gasteiger partial charge on any atom is 1.00 e. The Morgan fingerprint density at radius 3 is 2.21 bits per heavy atom. The Hall–Kier alpha value is 1.37.